The number of rotatable bonds is 6. The second kappa shape index (κ2) is 9.28. The van der Waals surface area contributed by atoms with E-state index in [-0.39, 0.29) is 5.91 Å². The largest absolute Gasteiger partial charge is 0.380 e. The minimum Gasteiger partial charge on any atom is -0.380 e. The van der Waals surface area contributed by atoms with Crippen molar-refractivity contribution < 1.29 is 4.79 Å². The van der Waals surface area contributed by atoms with Gasteiger partial charge in [-0.1, -0.05) is 42.5 Å². The van der Waals surface area contributed by atoms with Crippen molar-refractivity contribution in [1.82, 2.24) is 15.0 Å². The molecule has 0 aliphatic carbocycles. The van der Waals surface area contributed by atoms with E-state index in [4.69, 9.17) is 0 Å². The van der Waals surface area contributed by atoms with E-state index in [1.54, 1.807) is 24.7 Å². The molecule has 2 aromatic carbocycles. The second-order valence-corrected chi connectivity index (χ2v) is 7.54. The molecule has 0 spiro atoms. The molecule has 33 heavy (non-hydrogen) atoms. The van der Waals surface area contributed by atoms with Crippen molar-refractivity contribution >= 4 is 28.2 Å². The van der Waals surface area contributed by atoms with E-state index in [0.29, 0.717) is 17.9 Å². The number of carbonyl (C=O) groups is 1. The molecule has 0 saturated carbocycles. The Morgan fingerprint density at radius 1 is 0.788 bits per heavy atom. The maximum atomic E-state index is 13.1. The average Bonchev–Trinajstić information content (AvgIpc) is 2.88. The molecule has 3 aromatic heterocycles. The molecule has 6 heteroatoms. The molecule has 0 fully saturated rings. The molecule has 0 saturated heterocycles. The Hall–Kier alpha value is -4.58. The van der Waals surface area contributed by atoms with Crippen LogP contribution < -0.4 is 10.6 Å². The summed E-state index contributed by atoms with van der Waals surface area (Å²) in [6.45, 7) is 0.533. The molecule has 0 aliphatic rings. The van der Waals surface area contributed by atoms with Gasteiger partial charge in [0.25, 0.3) is 5.91 Å². The van der Waals surface area contributed by atoms with Gasteiger partial charge in [0.05, 0.1) is 5.56 Å². The third kappa shape index (κ3) is 4.55. The fourth-order valence-corrected chi connectivity index (χ4v) is 3.72. The molecule has 0 atom stereocenters. The number of nitrogens with one attached hydrogen (secondary N) is 2. The minimum absolute atomic E-state index is 0.219. The van der Waals surface area contributed by atoms with Crippen molar-refractivity contribution in [3.8, 4) is 11.1 Å². The molecule has 0 unspecified atom stereocenters. The van der Waals surface area contributed by atoms with Crippen LogP contribution in [-0.2, 0) is 6.54 Å². The average molecular weight is 431 g/mol. The van der Waals surface area contributed by atoms with Crippen molar-refractivity contribution in [2.45, 2.75) is 6.54 Å². The van der Waals surface area contributed by atoms with E-state index in [1.807, 2.05) is 79.1 Å². The van der Waals surface area contributed by atoms with Gasteiger partial charge in [-0.2, -0.15) is 0 Å². The Morgan fingerprint density at radius 3 is 2.48 bits per heavy atom. The first-order chi connectivity index (χ1) is 16.3. The quantitative estimate of drug-likeness (QED) is 0.368. The summed E-state index contributed by atoms with van der Waals surface area (Å²) >= 11 is 0. The lowest BCUT2D eigenvalue weighted by Gasteiger charge is -2.14. The Morgan fingerprint density at radius 2 is 1.61 bits per heavy atom. The summed E-state index contributed by atoms with van der Waals surface area (Å²) in [5, 5.41) is 8.37. The van der Waals surface area contributed by atoms with Crippen molar-refractivity contribution in [2.75, 3.05) is 10.6 Å². The van der Waals surface area contributed by atoms with Crippen molar-refractivity contribution in [3.63, 3.8) is 0 Å². The lowest BCUT2D eigenvalue weighted by molar-refractivity contribution is 0.102. The monoisotopic (exact) mass is 431 g/mol. The third-order valence-corrected chi connectivity index (χ3v) is 5.40. The molecule has 0 bridgehead atoms. The number of para-hydroxylation sites is 1. The Labute approximate surface area is 191 Å². The number of nitrogens with zero attached hydrogens (tertiary/aromatic N) is 3. The Balaban J connectivity index is 1.36. The summed E-state index contributed by atoms with van der Waals surface area (Å²) in [5.74, 6) is 0.296. The number of aromatic nitrogens is 3. The maximum Gasteiger partial charge on any atom is 0.258 e. The highest BCUT2D eigenvalue weighted by atomic mass is 16.1. The van der Waals surface area contributed by atoms with Crippen LogP contribution in [0, 0.1) is 0 Å². The zero-order valence-corrected chi connectivity index (χ0v) is 17.8. The molecule has 2 N–H and O–H groups in total. The van der Waals surface area contributed by atoms with Crippen LogP contribution >= 0.6 is 0 Å². The van der Waals surface area contributed by atoms with E-state index < -0.39 is 0 Å². The fourth-order valence-electron chi connectivity index (χ4n) is 3.72. The summed E-state index contributed by atoms with van der Waals surface area (Å²) in [6, 6.07) is 23.1. The zero-order valence-electron chi connectivity index (χ0n) is 17.8. The van der Waals surface area contributed by atoms with Gasteiger partial charge < -0.3 is 10.6 Å². The van der Waals surface area contributed by atoms with Crippen LogP contribution in [0.2, 0.25) is 0 Å². The normalized spacial score (nSPS) is 10.7. The summed E-state index contributed by atoms with van der Waals surface area (Å²) in [4.78, 5) is 25.9. The van der Waals surface area contributed by atoms with Crippen LogP contribution in [-0.4, -0.2) is 20.9 Å². The molecule has 5 aromatic rings. The number of amides is 1. The minimum atomic E-state index is -0.219. The lowest BCUT2D eigenvalue weighted by atomic mass is 10.0. The van der Waals surface area contributed by atoms with Crippen LogP contribution in [0.1, 0.15) is 15.9 Å². The fraction of sp³-hybridized carbons (Fsp3) is 0.0370. The maximum absolute atomic E-state index is 13.1. The zero-order chi connectivity index (χ0) is 22.5. The SMILES string of the molecule is O=C(Nc1cc2ccccc2cn1)c1ccccc1NCc1ccncc1-c1cccnc1. The summed E-state index contributed by atoms with van der Waals surface area (Å²) in [6.07, 6.45) is 8.92. The number of anilines is 2. The van der Waals surface area contributed by atoms with Crippen molar-refractivity contribution in [1.29, 1.82) is 0 Å². The summed E-state index contributed by atoms with van der Waals surface area (Å²) in [5.41, 5.74) is 4.34. The van der Waals surface area contributed by atoms with Gasteiger partial charge in [0, 0.05) is 59.7 Å². The van der Waals surface area contributed by atoms with E-state index in [1.165, 1.54) is 0 Å². The molecule has 1 amide bonds. The van der Waals surface area contributed by atoms with Gasteiger partial charge in [0.2, 0.25) is 0 Å². The first-order valence-electron chi connectivity index (χ1n) is 10.6. The molecule has 0 radical (unpaired) electrons. The smallest absolute Gasteiger partial charge is 0.258 e. The topological polar surface area (TPSA) is 79.8 Å². The highest BCUT2D eigenvalue weighted by Gasteiger charge is 2.13. The van der Waals surface area contributed by atoms with Gasteiger partial charge in [-0.15, -0.1) is 0 Å². The molecule has 160 valence electrons. The van der Waals surface area contributed by atoms with Gasteiger partial charge in [0.1, 0.15) is 5.82 Å². The molecule has 6 nitrogen and oxygen atoms in total. The molecular formula is C27H21N5O. The van der Waals surface area contributed by atoms with Crippen LogP contribution in [0.4, 0.5) is 11.5 Å². The molecule has 3 heterocycles. The highest BCUT2D eigenvalue weighted by molar-refractivity contribution is 6.08. The van der Waals surface area contributed by atoms with Crippen molar-refractivity contribution in [3.05, 3.63) is 115 Å². The number of carbonyl (C=O) groups excluding carboxylic acids is 1. The highest BCUT2D eigenvalue weighted by Crippen LogP contribution is 2.24. The van der Waals surface area contributed by atoms with Gasteiger partial charge in [-0.05, 0) is 41.3 Å². The number of benzene rings is 2. The predicted octanol–water partition coefficient (Wildman–Crippen LogP) is 5.56. The van der Waals surface area contributed by atoms with Gasteiger partial charge in [-0.25, -0.2) is 4.98 Å². The number of hydrogen-bond acceptors (Lipinski definition) is 5. The number of pyridine rings is 3. The summed E-state index contributed by atoms with van der Waals surface area (Å²) in [7, 11) is 0. The van der Waals surface area contributed by atoms with Crippen LogP contribution in [0.5, 0.6) is 0 Å². The Bertz CT molecular complexity index is 1420. The second-order valence-electron chi connectivity index (χ2n) is 7.54. The third-order valence-electron chi connectivity index (χ3n) is 5.40. The Kier molecular flexibility index (Phi) is 5.72. The molecule has 5 rings (SSSR count). The first kappa shape index (κ1) is 20.3. The lowest BCUT2D eigenvalue weighted by Crippen LogP contribution is -2.15. The summed E-state index contributed by atoms with van der Waals surface area (Å²) < 4.78 is 0. The molecule has 0 aliphatic heterocycles. The van der Waals surface area contributed by atoms with Crippen molar-refractivity contribution in [2.24, 2.45) is 0 Å². The van der Waals surface area contributed by atoms with Gasteiger partial charge in [-0.3, -0.25) is 14.8 Å². The van der Waals surface area contributed by atoms with E-state index >= 15 is 0 Å². The first-order valence-corrected chi connectivity index (χ1v) is 10.6. The van der Waals surface area contributed by atoms with Gasteiger partial charge >= 0.3 is 0 Å². The number of fused-ring (bicyclic) bond motifs is 1. The van der Waals surface area contributed by atoms with Crippen LogP contribution in [0.3, 0.4) is 0 Å². The van der Waals surface area contributed by atoms with Gasteiger partial charge in [0.15, 0.2) is 0 Å². The van der Waals surface area contributed by atoms with E-state index in [2.05, 4.69) is 25.6 Å². The van der Waals surface area contributed by atoms with E-state index in [0.717, 1.165) is 33.2 Å². The standard InChI is InChI=1S/C27H21N5O/c33-27(32-26-14-19-6-1-2-7-20(19)16-31-26)23-9-3-4-10-25(23)30-17-22-11-13-29-18-24(22)21-8-5-12-28-15-21/h1-16,18,30H,17H2,(H,31,32,33). The predicted molar refractivity (Wildman–Crippen MR) is 131 cm³/mol. The van der Waals surface area contributed by atoms with Crippen LogP contribution in [0.15, 0.2) is 104 Å². The molecular weight excluding hydrogens is 410 g/mol. The van der Waals surface area contributed by atoms with E-state index in [9.17, 15) is 4.79 Å². The van der Waals surface area contributed by atoms with Crippen LogP contribution in [0.25, 0.3) is 21.9 Å². The number of hydrogen-bond donors (Lipinski definition) is 2.